The fourth-order valence-electron chi connectivity index (χ4n) is 6.01. The van der Waals surface area contributed by atoms with E-state index in [4.69, 9.17) is 35.5 Å². The molecule has 1 atom stereocenters. The summed E-state index contributed by atoms with van der Waals surface area (Å²) in [6.07, 6.45) is 2.50. The number of methoxy groups -OCH3 is 2. The number of hydrogen-bond donors (Lipinski definition) is 0. The molecular weight excluding hydrogens is 602 g/mol. The van der Waals surface area contributed by atoms with Gasteiger partial charge in [0.2, 0.25) is 0 Å². The topological polar surface area (TPSA) is 74.5 Å². The number of carbonyl (C=O) groups excluding carboxylic acids is 1. The average Bonchev–Trinajstić information content (AvgIpc) is 3.46. The molecule has 8 nitrogen and oxygen atoms in total. The Balaban J connectivity index is 1.22. The molecule has 0 bridgehead atoms. The first-order valence-electron chi connectivity index (χ1n) is 15.0. The summed E-state index contributed by atoms with van der Waals surface area (Å²) in [5, 5.41) is 2.77. The van der Waals surface area contributed by atoms with Crippen molar-refractivity contribution < 1.29 is 23.7 Å². The zero-order valence-corrected chi connectivity index (χ0v) is 26.2. The van der Waals surface area contributed by atoms with Crippen molar-refractivity contribution in [2.24, 2.45) is 0 Å². The van der Waals surface area contributed by atoms with Gasteiger partial charge in [0.05, 0.1) is 31.6 Å². The van der Waals surface area contributed by atoms with Crippen LogP contribution in [0.1, 0.15) is 28.6 Å². The van der Waals surface area contributed by atoms with E-state index in [9.17, 15) is 4.79 Å². The normalized spacial score (nSPS) is 14.2. The Morgan fingerprint density at radius 1 is 0.848 bits per heavy atom. The maximum absolute atomic E-state index is 14.0. The third-order valence-corrected chi connectivity index (χ3v) is 8.56. The Hall–Kier alpha value is -5.21. The molecule has 1 unspecified atom stereocenters. The number of rotatable bonds is 9. The lowest BCUT2D eigenvalue weighted by Gasteiger charge is -2.36. The van der Waals surface area contributed by atoms with E-state index in [1.165, 1.54) is 0 Å². The predicted octanol–water partition coefficient (Wildman–Crippen LogP) is 7.29. The van der Waals surface area contributed by atoms with Gasteiger partial charge in [0, 0.05) is 30.3 Å². The highest BCUT2D eigenvalue weighted by molar-refractivity contribution is 6.30. The number of fused-ring (bicyclic) bond motifs is 4. The molecule has 0 aliphatic carbocycles. The number of aromatic nitrogens is 2. The number of hydrogen-bond acceptors (Lipinski definition) is 6. The van der Waals surface area contributed by atoms with Crippen LogP contribution in [0.15, 0.2) is 103 Å². The fourth-order valence-corrected chi connectivity index (χ4v) is 6.17. The van der Waals surface area contributed by atoms with Gasteiger partial charge in [-0.2, -0.15) is 0 Å². The summed E-state index contributed by atoms with van der Waals surface area (Å²) in [7, 11) is 3.25. The van der Waals surface area contributed by atoms with Gasteiger partial charge in [-0.1, -0.05) is 60.1 Å². The van der Waals surface area contributed by atoms with Crippen LogP contribution in [0.3, 0.4) is 0 Å². The molecule has 7 rings (SSSR count). The van der Waals surface area contributed by atoms with Gasteiger partial charge < -0.3 is 28.2 Å². The molecule has 6 aromatic rings. The molecule has 4 aromatic carbocycles. The highest BCUT2D eigenvalue weighted by atomic mass is 35.5. The van der Waals surface area contributed by atoms with Crippen molar-refractivity contribution in [3.63, 3.8) is 0 Å². The van der Waals surface area contributed by atoms with Crippen LogP contribution < -0.4 is 18.9 Å². The molecule has 0 saturated heterocycles. The smallest absolute Gasteiger partial charge is 0.261 e. The molecule has 232 valence electrons. The van der Waals surface area contributed by atoms with Crippen LogP contribution >= 0.6 is 11.6 Å². The van der Waals surface area contributed by atoms with Gasteiger partial charge in [0.15, 0.2) is 18.1 Å². The van der Waals surface area contributed by atoms with E-state index in [-0.39, 0.29) is 12.5 Å². The molecule has 1 amide bonds. The van der Waals surface area contributed by atoms with Gasteiger partial charge in [0.1, 0.15) is 23.8 Å². The first-order valence-corrected chi connectivity index (χ1v) is 15.4. The Labute approximate surface area is 271 Å². The van der Waals surface area contributed by atoms with Gasteiger partial charge in [-0.05, 0) is 64.4 Å². The van der Waals surface area contributed by atoms with E-state index in [1.807, 2.05) is 113 Å². The summed E-state index contributed by atoms with van der Waals surface area (Å²) in [5.74, 6) is 2.45. The summed E-state index contributed by atoms with van der Waals surface area (Å²) < 4.78 is 25.3. The lowest BCUT2D eigenvalue weighted by atomic mass is 9.95. The Bertz CT molecular complexity index is 2040. The second-order valence-electron chi connectivity index (χ2n) is 11.1. The van der Waals surface area contributed by atoms with Crippen molar-refractivity contribution in [3.05, 3.63) is 131 Å². The van der Waals surface area contributed by atoms with E-state index < -0.39 is 6.04 Å². The van der Waals surface area contributed by atoms with Crippen molar-refractivity contribution in [1.29, 1.82) is 0 Å². The highest BCUT2D eigenvalue weighted by Crippen LogP contribution is 2.40. The number of carbonyl (C=O) groups is 1. The van der Waals surface area contributed by atoms with Gasteiger partial charge in [0.25, 0.3) is 5.91 Å². The molecule has 3 heterocycles. The zero-order chi connectivity index (χ0) is 31.6. The van der Waals surface area contributed by atoms with Crippen molar-refractivity contribution in [2.45, 2.75) is 19.1 Å². The number of halogens is 1. The molecule has 0 N–H and O–H groups in total. The number of benzene rings is 4. The minimum atomic E-state index is -0.457. The first kappa shape index (κ1) is 29.5. The Morgan fingerprint density at radius 2 is 1.65 bits per heavy atom. The van der Waals surface area contributed by atoms with Gasteiger partial charge in [-0.15, -0.1) is 0 Å². The molecule has 9 heteroatoms. The van der Waals surface area contributed by atoms with Crippen molar-refractivity contribution in [3.8, 4) is 23.0 Å². The molecule has 2 aromatic heterocycles. The van der Waals surface area contributed by atoms with Crippen LogP contribution in [0.2, 0.25) is 5.02 Å². The van der Waals surface area contributed by atoms with Crippen LogP contribution in [-0.2, 0) is 17.8 Å². The highest BCUT2D eigenvalue weighted by Gasteiger charge is 2.36. The Kier molecular flexibility index (Phi) is 8.11. The van der Waals surface area contributed by atoms with Crippen LogP contribution in [0.5, 0.6) is 23.0 Å². The molecule has 0 spiro atoms. The number of imidazole rings is 1. The molecular formula is C37H32ClN3O5. The van der Waals surface area contributed by atoms with Crippen LogP contribution in [0.25, 0.3) is 16.4 Å². The van der Waals surface area contributed by atoms with Gasteiger partial charge >= 0.3 is 0 Å². The third-order valence-electron chi connectivity index (χ3n) is 8.32. The minimum absolute atomic E-state index is 0.107. The monoisotopic (exact) mass is 633 g/mol. The molecule has 0 radical (unpaired) electrons. The molecule has 1 aliphatic rings. The average molecular weight is 634 g/mol. The van der Waals surface area contributed by atoms with Gasteiger partial charge in [-0.3, -0.25) is 4.79 Å². The zero-order valence-electron chi connectivity index (χ0n) is 25.5. The standard InChI is InChI=1S/C37H32ClN3O5/c1-43-29-11-7-24(8-12-29)22-46-33-20-27(10-14-32(33)44-2)36-37-31(39-34-21-28(38)15-17-40(34)37)16-18-41(36)35(42)23-45-30-13-9-25-5-3-4-6-26(25)19-30/h3-15,17,19-21,36H,16,18,22-23H2,1-2H3. The largest absolute Gasteiger partial charge is 0.497 e. The summed E-state index contributed by atoms with van der Waals surface area (Å²) in [5.41, 5.74) is 4.40. The van der Waals surface area contributed by atoms with E-state index >= 15 is 0 Å². The maximum atomic E-state index is 14.0. The second kappa shape index (κ2) is 12.7. The third kappa shape index (κ3) is 5.79. The summed E-state index contributed by atoms with van der Waals surface area (Å²) in [6.45, 7) is 0.697. The van der Waals surface area contributed by atoms with E-state index in [0.29, 0.717) is 41.8 Å². The number of amides is 1. The second-order valence-corrected chi connectivity index (χ2v) is 11.5. The van der Waals surface area contributed by atoms with Crippen molar-refractivity contribution in [1.82, 2.24) is 14.3 Å². The lowest BCUT2D eigenvalue weighted by molar-refractivity contribution is -0.135. The first-order chi connectivity index (χ1) is 22.5. The minimum Gasteiger partial charge on any atom is -0.497 e. The number of nitrogens with zero attached hydrogens (tertiary/aromatic N) is 3. The predicted molar refractivity (Wildman–Crippen MR) is 177 cm³/mol. The van der Waals surface area contributed by atoms with Gasteiger partial charge in [-0.25, -0.2) is 4.98 Å². The molecule has 0 fully saturated rings. The van der Waals surface area contributed by atoms with Crippen LogP contribution in [0, 0.1) is 0 Å². The molecule has 46 heavy (non-hydrogen) atoms. The molecule has 1 aliphatic heterocycles. The van der Waals surface area contributed by atoms with E-state index in [2.05, 4.69) is 0 Å². The van der Waals surface area contributed by atoms with E-state index in [1.54, 1.807) is 14.2 Å². The quantitative estimate of drug-likeness (QED) is 0.166. The lowest BCUT2D eigenvalue weighted by Crippen LogP contribution is -2.43. The van der Waals surface area contributed by atoms with Crippen molar-refractivity contribution >= 4 is 33.9 Å². The van der Waals surface area contributed by atoms with Crippen LogP contribution in [0.4, 0.5) is 0 Å². The summed E-state index contributed by atoms with van der Waals surface area (Å²) in [4.78, 5) is 20.8. The number of pyridine rings is 1. The van der Waals surface area contributed by atoms with E-state index in [0.717, 1.165) is 44.7 Å². The maximum Gasteiger partial charge on any atom is 0.261 e. The summed E-state index contributed by atoms with van der Waals surface area (Å²) >= 11 is 6.34. The summed E-state index contributed by atoms with van der Waals surface area (Å²) in [6, 6.07) is 30.6. The molecule has 0 saturated carbocycles. The van der Waals surface area contributed by atoms with Crippen molar-refractivity contribution in [2.75, 3.05) is 27.4 Å². The number of ether oxygens (including phenoxy) is 4. The fraction of sp³-hybridized carbons (Fsp3) is 0.189. The Morgan fingerprint density at radius 3 is 2.46 bits per heavy atom. The SMILES string of the molecule is COc1ccc(COc2cc(C3c4c(nc5cc(Cl)ccn45)CCN3C(=O)COc3ccc4ccccc4c3)ccc2OC)cc1. The van der Waals surface area contributed by atoms with Crippen LogP contribution in [-0.4, -0.2) is 47.6 Å².